The molecular weight excluding hydrogens is 416 g/mol. The number of benzene rings is 2. The van der Waals surface area contributed by atoms with Gasteiger partial charge in [-0.15, -0.1) is 0 Å². The summed E-state index contributed by atoms with van der Waals surface area (Å²) in [5, 5.41) is 42.0. The summed E-state index contributed by atoms with van der Waals surface area (Å²) in [6, 6.07) is 15.5. The lowest BCUT2D eigenvalue weighted by atomic mass is 9.81. The standard InChI is InChI=1S/C24H28O8/c1-2-30-20(26)13-12-16-8-10-17(11-9-16)14-24(29)22(28)21(27)19(15-25)32-23(24)31-18-6-4-3-5-7-18/h3-13,19,21-23,25,27-29H,2,14-15H2,1H3/b13-12+/t19-,21-,22+,23-,24-/m1/s1. The fourth-order valence-corrected chi connectivity index (χ4v) is 3.52. The second kappa shape index (κ2) is 10.7. The minimum Gasteiger partial charge on any atom is -0.463 e. The SMILES string of the molecule is CCOC(=O)/C=C/c1ccc(C[C@]2(O)[C@H](Oc3ccccc3)O[C@H](CO)[C@@H](O)[C@@H]2O)cc1. The van der Waals surface area contributed by atoms with Crippen LogP contribution in [0, 0.1) is 0 Å². The first kappa shape index (κ1) is 23.9. The van der Waals surface area contributed by atoms with Crippen molar-refractivity contribution < 1.29 is 39.4 Å². The maximum absolute atomic E-state index is 11.5. The van der Waals surface area contributed by atoms with Gasteiger partial charge >= 0.3 is 5.97 Å². The molecule has 0 aromatic heterocycles. The van der Waals surface area contributed by atoms with E-state index in [-0.39, 0.29) is 6.42 Å². The van der Waals surface area contributed by atoms with Gasteiger partial charge in [0.05, 0.1) is 13.2 Å². The molecule has 172 valence electrons. The van der Waals surface area contributed by atoms with Crippen LogP contribution in [0.1, 0.15) is 18.1 Å². The molecule has 0 amide bonds. The molecule has 0 unspecified atom stereocenters. The molecule has 1 heterocycles. The second-order valence-corrected chi connectivity index (χ2v) is 7.55. The molecule has 1 saturated heterocycles. The van der Waals surface area contributed by atoms with Crippen molar-refractivity contribution in [3.8, 4) is 5.75 Å². The zero-order chi connectivity index (χ0) is 23.1. The van der Waals surface area contributed by atoms with Gasteiger partial charge < -0.3 is 34.6 Å². The summed E-state index contributed by atoms with van der Waals surface area (Å²) in [5.41, 5.74) is -0.616. The number of ether oxygens (including phenoxy) is 3. The van der Waals surface area contributed by atoms with Gasteiger partial charge in [-0.25, -0.2) is 4.79 Å². The molecule has 0 radical (unpaired) electrons. The van der Waals surface area contributed by atoms with Crippen LogP contribution in [0.3, 0.4) is 0 Å². The van der Waals surface area contributed by atoms with Crippen LogP contribution >= 0.6 is 0 Å². The third-order valence-electron chi connectivity index (χ3n) is 5.25. The van der Waals surface area contributed by atoms with E-state index in [1.807, 2.05) is 0 Å². The quantitative estimate of drug-likeness (QED) is 0.352. The maximum atomic E-state index is 11.5. The number of esters is 1. The average molecular weight is 444 g/mol. The molecule has 0 aliphatic carbocycles. The number of hydrogen-bond donors (Lipinski definition) is 4. The first-order chi connectivity index (χ1) is 15.4. The monoisotopic (exact) mass is 444 g/mol. The van der Waals surface area contributed by atoms with Crippen molar-refractivity contribution in [2.24, 2.45) is 0 Å². The minimum absolute atomic E-state index is 0.0945. The first-order valence-electron chi connectivity index (χ1n) is 10.4. The van der Waals surface area contributed by atoms with E-state index >= 15 is 0 Å². The van der Waals surface area contributed by atoms with E-state index in [1.165, 1.54) is 6.08 Å². The van der Waals surface area contributed by atoms with Crippen LogP contribution in [0.5, 0.6) is 5.75 Å². The number of aliphatic hydroxyl groups excluding tert-OH is 3. The number of para-hydroxylation sites is 1. The van der Waals surface area contributed by atoms with Crippen molar-refractivity contribution in [1.29, 1.82) is 0 Å². The van der Waals surface area contributed by atoms with E-state index < -0.39 is 42.8 Å². The van der Waals surface area contributed by atoms with Crippen molar-refractivity contribution in [2.75, 3.05) is 13.2 Å². The Labute approximate surface area is 186 Å². The molecule has 1 aliphatic heterocycles. The highest BCUT2D eigenvalue weighted by Gasteiger charge is 2.56. The summed E-state index contributed by atoms with van der Waals surface area (Å²) in [6.07, 6.45) is -2.77. The molecule has 3 rings (SSSR count). The largest absolute Gasteiger partial charge is 0.463 e. The number of carbonyl (C=O) groups excluding carboxylic acids is 1. The molecule has 1 aliphatic rings. The van der Waals surface area contributed by atoms with Crippen molar-refractivity contribution in [1.82, 2.24) is 0 Å². The Morgan fingerprint density at radius 1 is 1.12 bits per heavy atom. The highest BCUT2D eigenvalue weighted by Crippen LogP contribution is 2.34. The fraction of sp³-hybridized carbons (Fsp3) is 0.375. The summed E-state index contributed by atoms with van der Waals surface area (Å²) in [4.78, 5) is 11.5. The third-order valence-corrected chi connectivity index (χ3v) is 5.25. The lowest BCUT2D eigenvalue weighted by Crippen LogP contribution is -2.68. The fourth-order valence-electron chi connectivity index (χ4n) is 3.52. The second-order valence-electron chi connectivity index (χ2n) is 7.55. The van der Waals surface area contributed by atoms with Crippen molar-refractivity contribution in [3.05, 3.63) is 71.8 Å². The first-order valence-corrected chi connectivity index (χ1v) is 10.4. The summed E-state index contributed by atoms with van der Waals surface area (Å²) in [5.74, 6) is -0.0441. The van der Waals surface area contributed by atoms with Crippen LogP contribution in [-0.2, 0) is 20.7 Å². The Kier molecular flexibility index (Phi) is 8.00. The van der Waals surface area contributed by atoms with E-state index in [2.05, 4.69) is 0 Å². The van der Waals surface area contributed by atoms with Gasteiger partial charge in [-0.3, -0.25) is 0 Å². The summed E-state index contributed by atoms with van der Waals surface area (Å²) >= 11 is 0. The van der Waals surface area contributed by atoms with Gasteiger partial charge in [0.25, 0.3) is 0 Å². The van der Waals surface area contributed by atoms with Crippen LogP contribution in [0.25, 0.3) is 6.08 Å². The molecule has 0 saturated carbocycles. The van der Waals surface area contributed by atoms with Crippen molar-refractivity contribution >= 4 is 12.0 Å². The highest BCUT2D eigenvalue weighted by atomic mass is 16.7. The molecule has 2 aromatic carbocycles. The summed E-state index contributed by atoms with van der Waals surface area (Å²) in [7, 11) is 0. The smallest absolute Gasteiger partial charge is 0.330 e. The molecule has 0 bridgehead atoms. The predicted molar refractivity (Wildman–Crippen MR) is 116 cm³/mol. The van der Waals surface area contributed by atoms with E-state index in [0.29, 0.717) is 17.9 Å². The molecule has 0 spiro atoms. The maximum Gasteiger partial charge on any atom is 0.330 e. The molecule has 1 fully saturated rings. The van der Waals surface area contributed by atoms with Crippen molar-refractivity contribution in [2.45, 2.75) is 43.5 Å². The lowest BCUT2D eigenvalue weighted by Gasteiger charge is -2.47. The topological polar surface area (TPSA) is 126 Å². The van der Waals surface area contributed by atoms with Gasteiger partial charge in [0, 0.05) is 12.5 Å². The molecular formula is C24H28O8. The lowest BCUT2D eigenvalue weighted by molar-refractivity contribution is -0.320. The zero-order valence-corrected chi connectivity index (χ0v) is 17.7. The summed E-state index contributed by atoms with van der Waals surface area (Å²) in [6.45, 7) is 1.47. The Balaban J connectivity index is 1.81. The van der Waals surface area contributed by atoms with E-state index in [9.17, 15) is 25.2 Å². The number of hydrogen-bond acceptors (Lipinski definition) is 8. The molecule has 2 aromatic rings. The van der Waals surface area contributed by atoms with E-state index in [4.69, 9.17) is 14.2 Å². The van der Waals surface area contributed by atoms with Crippen LogP contribution in [0.4, 0.5) is 0 Å². The highest BCUT2D eigenvalue weighted by molar-refractivity contribution is 5.87. The molecule has 4 N–H and O–H groups in total. The predicted octanol–water partition coefficient (Wildman–Crippen LogP) is 1.05. The summed E-state index contributed by atoms with van der Waals surface area (Å²) < 4.78 is 16.3. The van der Waals surface area contributed by atoms with Gasteiger partial charge in [0.1, 0.15) is 24.1 Å². The normalized spacial score (nSPS) is 27.9. The van der Waals surface area contributed by atoms with Crippen LogP contribution < -0.4 is 4.74 Å². The van der Waals surface area contributed by atoms with Gasteiger partial charge in [-0.05, 0) is 36.3 Å². The third kappa shape index (κ3) is 5.53. The number of aliphatic hydroxyl groups is 4. The average Bonchev–Trinajstić information content (AvgIpc) is 2.80. The number of carbonyl (C=O) groups is 1. The van der Waals surface area contributed by atoms with E-state index in [0.717, 1.165) is 5.56 Å². The number of rotatable bonds is 8. The zero-order valence-electron chi connectivity index (χ0n) is 17.7. The van der Waals surface area contributed by atoms with Crippen molar-refractivity contribution in [3.63, 3.8) is 0 Å². The Morgan fingerprint density at radius 3 is 2.44 bits per heavy atom. The molecule has 5 atom stereocenters. The van der Waals surface area contributed by atoms with Gasteiger partial charge in [0.15, 0.2) is 5.60 Å². The van der Waals surface area contributed by atoms with Gasteiger partial charge in [0.2, 0.25) is 6.29 Å². The van der Waals surface area contributed by atoms with E-state index in [1.54, 1.807) is 67.6 Å². The van der Waals surface area contributed by atoms with Crippen LogP contribution in [-0.4, -0.2) is 69.8 Å². The molecule has 32 heavy (non-hydrogen) atoms. The Bertz CT molecular complexity index is 898. The Morgan fingerprint density at radius 2 is 1.81 bits per heavy atom. The molecule has 8 heteroatoms. The molecule has 8 nitrogen and oxygen atoms in total. The Hall–Kier alpha value is -2.75. The van der Waals surface area contributed by atoms with Gasteiger partial charge in [-0.1, -0.05) is 42.5 Å². The van der Waals surface area contributed by atoms with Crippen LogP contribution in [0.15, 0.2) is 60.7 Å². The van der Waals surface area contributed by atoms with Gasteiger partial charge in [-0.2, -0.15) is 0 Å². The minimum atomic E-state index is -2.00. The van der Waals surface area contributed by atoms with Crippen LogP contribution in [0.2, 0.25) is 0 Å².